The largest absolute Gasteiger partial charge is 1.00 e. The summed E-state index contributed by atoms with van der Waals surface area (Å²) in [5, 5.41) is 20.4. The average molecular weight is 1210 g/mol. The minimum Gasteiger partial charge on any atom is -0.366 e. The Hall–Kier alpha value is -6.34. The quantitative estimate of drug-likeness (QED) is 0.0490. The number of hydrogen-bond acceptors (Lipinski definition) is 0. The van der Waals surface area contributed by atoms with Gasteiger partial charge in [-0.25, -0.2) is 0 Å². The Morgan fingerprint density at radius 2 is 0.529 bits per heavy atom. The van der Waals surface area contributed by atoms with Gasteiger partial charge in [-0.2, -0.15) is 0 Å². The third-order valence-electron chi connectivity index (χ3n) is 12.9. The molecule has 0 saturated heterocycles. The van der Waals surface area contributed by atoms with Crippen molar-refractivity contribution in [1.82, 2.24) is 0 Å². The van der Waals surface area contributed by atoms with Gasteiger partial charge in [0.05, 0.1) is 37.1 Å². The fraction of sp³-hybridized carbons (Fsp3) is 0.0303. The van der Waals surface area contributed by atoms with E-state index in [0.29, 0.717) is 0 Å². The average Bonchev–Trinajstić information content (AvgIpc) is 3.42. The molecule has 0 spiro atoms. The van der Waals surface area contributed by atoms with E-state index in [1.807, 2.05) is 24.3 Å². The Kier molecular flexibility index (Phi) is 17.2. The third kappa shape index (κ3) is 10.8. The minimum absolute atomic E-state index is 0. The summed E-state index contributed by atoms with van der Waals surface area (Å²) in [5.74, 6) is 5.15. The summed E-state index contributed by atoms with van der Waals surface area (Å²) in [4.78, 5) is 0. The zero-order chi connectivity index (χ0) is 46.1. The molecule has 12 aromatic rings. The van der Waals surface area contributed by atoms with Gasteiger partial charge in [0.25, 0.3) is 0 Å². The molecule has 70 heavy (non-hydrogen) atoms. The molecule has 342 valence electrons. The smallest absolute Gasteiger partial charge is 0.366 e. The van der Waals surface area contributed by atoms with Gasteiger partial charge in [0.2, 0.25) is 0 Å². The zero-order valence-electron chi connectivity index (χ0n) is 38.3. The summed E-state index contributed by atoms with van der Waals surface area (Å²) in [6, 6.07) is 90.5. The van der Waals surface area contributed by atoms with Gasteiger partial charge >= 0.3 is 44.8 Å². The molecule has 12 rings (SSSR count). The van der Waals surface area contributed by atoms with Gasteiger partial charge in [-0.05, 0) is 102 Å². The van der Waals surface area contributed by atoms with Crippen molar-refractivity contribution in [2.45, 2.75) is 0 Å². The molecule has 0 unspecified atom stereocenters. The molecule has 4 heteroatoms. The Balaban J connectivity index is 0.000000142. The second-order valence-corrected chi connectivity index (χ2v) is 22.1. The molecule has 12 aromatic carbocycles. The van der Waals surface area contributed by atoms with E-state index in [4.69, 9.17) is 12.8 Å². The first kappa shape index (κ1) is 50.1. The summed E-state index contributed by atoms with van der Waals surface area (Å²) in [6.45, 7) is 0. The van der Waals surface area contributed by atoms with Crippen LogP contribution in [0.25, 0.3) is 64.6 Å². The van der Waals surface area contributed by atoms with E-state index < -0.39 is 15.8 Å². The summed E-state index contributed by atoms with van der Waals surface area (Å²) >= 11 is 0. The van der Waals surface area contributed by atoms with Crippen molar-refractivity contribution in [2.24, 2.45) is 0 Å². The molecule has 0 fully saturated rings. The van der Waals surface area contributed by atoms with E-state index in [1.54, 1.807) is 0 Å². The third-order valence-corrected chi connectivity index (χ3v) is 19.0. The molecule has 0 saturated carbocycles. The van der Waals surface area contributed by atoms with E-state index in [1.165, 1.54) is 87.4 Å². The van der Waals surface area contributed by atoms with Crippen LogP contribution in [0.1, 0.15) is 11.1 Å². The maximum atomic E-state index is 7.56. The van der Waals surface area contributed by atoms with Crippen molar-refractivity contribution in [3.05, 3.63) is 279 Å². The molecular formula is C66H48AgAuP2+2. The van der Waals surface area contributed by atoms with E-state index in [-0.39, 0.29) is 44.8 Å². The molecule has 0 nitrogen and oxygen atoms in total. The monoisotopic (exact) mass is 1210 g/mol. The Labute approximate surface area is 445 Å². The van der Waals surface area contributed by atoms with Crippen LogP contribution in [0.15, 0.2) is 255 Å². The van der Waals surface area contributed by atoms with Crippen molar-refractivity contribution in [2.75, 3.05) is 12.3 Å². The zero-order valence-corrected chi connectivity index (χ0v) is 43.9. The molecule has 0 bridgehead atoms. The molecular weight excluding hydrogens is 1160 g/mol. The first-order valence-corrected chi connectivity index (χ1v) is 26.5. The van der Waals surface area contributed by atoms with Gasteiger partial charge in [-0.1, -0.05) is 205 Å². The van der Waals surface area contributed by atoms with Crippen LogP contribution >= 0.6 is 15.8 Å². The first-order chi connectivity index (χ1) is 33.7. The number of hydrogen-bond donors (Lipinski definition) is 0. The Morgan fingerprint density at radius 1 is 0.271 bits per heavy atom. The molecule has 0 N–H and O–H groups in total. The van der Waals surface area contributed by atoms with Crippen molar-refractivity contribution in [3.63, 3.8) is 0 Å². The summed E-state index contributed by atoms with van der Waals surface area (Å²) in [6.07, 6.45) is 17.6. The molecule has 0 amide bonds. The van der Waals surface area contributed by atoms with Gasteiger partial charge < -0.3 is 12.8 Å². The second kappa shape index (κ2) is 24.0. The SMILES string of the molecule is [Ag+].[Au+].[C-]#Cc1cc2c3ccccc3ccc2c2ccccc12.[C-]#Cc1cc2c3ccccc3ccc2c2ccccc12.c1ccc([PH+](CC[PH+](c2ccccc2)c2ccccc2)c2ccccc2)cc1. The minimum atomic E-state index is -0.783. The number of fused-ring (bicyclic) bond motifs is 10. The van der Waals surface area contributed by atoms with Crippen LogP contribution in [0, 0.1) is 24.7 Å². The first-order valence-electron chi connectivity index (χ1n) is 23.1. The predicted octanol–water partition coefficient (Wildman–Crippen LogP) is 14.9. The topological polar surface area (TPSA) is 0 Å². The Bertz CT molecular complexity index is 3440. The predicted molar refractivity (Wildman–Crippen MR) is 301 cm³/mol. The van der Waals surface area contributed by atoms with Crippen LogP contribution in [0.4, 0.5) is 0 Å². The number of rotatable bonds is 7. The molecule has 0 radical (unpaired) electrons. The van der Waals surface area contributed by atoms with Gasteiger partial charge in [0.15, 0.2) is 0 Å². The van der Waals surface area contributed by atoms with Crippen molar-refractivity contribution >= 4 is 102 Å². The summed E-state index contributed by atoms with van der Waals surface area (Å²) in [7, 11) is -1.57. The van der Waals surface area contributed by atoms with E-state index >= 15 is 0 Å². The van der Waals surface area contributed by atoms with Gasteiger partial charge in [-0.15, -0.1) is 23.3 Å². The fourth-order valence-electron chi connectivity index (χ4n) is 9.65. The summed E-state index contributed by atoms with van der Waals surface area (Å²) in [5.41, 5.74) is 1.70. The fourth-order valence-corrected chi connectivity index (χ4v) is 15.8. The second-order valence-electron chi connectivity index (χ2n) is 16.9. The maximum Gasteiger partial charge on any atom is 1.00 e. The number of benzene rings is 12. The molecule has 0 aliphatic rings. The van der Waals surface area contributed by atoms with E-state index in [2.05, 4.69) is 242 Å². The standard InChI is InChI=1S/C26H24P2.2C20H11.Ag.Au/c1-5-13-23(14-6-1)27(24-15-7-2-8-16-24)21-22-28(25-17-9-3-10-18-25)26-19-11-4-12-20-26;2*1-2-14-13-20-17-9-4-3-7-15(17)11-12-19(20)18-10-6-5-8-16(14)18;;/h1-20H,21-22H2;2*3-13H;;/q;2*-1;2*+1/p+2. The molecule has 0 aromatic heterocycles. The van der Waals surface area contributed by atoms with Crippen molar-refractivity contribution < 1.29 is 44.8 Å². The van der Waals surface area contributed by atoms with Gasteiger partial charge in [-0.3, -0.25) is 11.8 Å². The van der Waals surface area contributed by atoms with Crippen LogP contribution in [-0.4, -0.2) is 12.3 Å². The maximum absolute atomic E-state index is 7.56. The van der Waals surface area contributed by atoms with Gasteiger partial charge in [0.1, 0.15) is 12.3 Å². The van der Waals surface area contributed by atoms with Crippen LogP contribution in [0.5, 0.6) is 0 Å². The van der Waals surface area contributed by atoms with Gasteiger partial charge in [0, 0.05) is 0 Å². The van der Waals surface area contributed by atoms with Crippen molar-refractivity contribution in [3.8, 4) is 11.8 Å². The normalized spacial score (nSPS) is 10.7. The molecule has 0 aliphatic heterocycles. The van der Waals surface area contributed by atoms with Crippen LogP contribution < -0.4 is 21.2 Å². The molecule has 0 heterocycles. The Morgan fingerprint density at radius 3 is 0.843 bits per heavy atom. The molecule has 0 atom stereocenters. The van der Waals surface area contributed by atoms with Crippen LogP contribution in [0.3, 0.4) is 0 Å². The summed E-state index contributed by atoms with van der Waals surface area (Å²) < 4.78 is 0. The van der Waals surface area contributed by atoms with Crippen LogP contribution in [0.2, 0.25) is 0 Å². The molecule has 0 aliphatic carbocycles. The van der Waals surface area contributed by atoms with E-state index in [0.717, 1.165) is 21.9 Å². The van der Waals surface area contributed by atoms with E-state index in [9.17, 15) is 0 Å². The van der Waals surface area contributed by atoms with Crippen molar-refractivity contribution in [1.29, 1.82) is 0 Å². The van der Waals surface area contributed by atoms with Crippen LogP contribution in [-0.2, 0) is 44.8 Å².